The minimum atomic E-state index is -0.558. The summed E-state index contributed by atoms with van der Waals surface area (Å²) >= 11 is 1.37. The molecule has 180 valence electrons. The number of hydrogen-bond acceptors (Lipinski definition) is 7. The van der Waals surface area contributed by atoms with E-state index in [2.05, 4.69) is 19.2 Å². The fraction of sp³-hybridized carbons (Fsp3) is 0.360. The molecule has 1 aliphatic heterocycles. The van der Waals surface area contributed by atoms with Crippen molar-refractivity contribution in [3.05, 3.63) is 69.8 Å². The number of nitrogens with zero attached hydrogens (tertiary/aromatic N) is 2. The molecule has 0 spiro atoms. The fourth-order valence-electron chi connectivity index (χ4n) is 3.66. The van der Waals surface area contributed by atoms with Crippen molar-refractivity contribution in [2.45, 2.75) is 42.5 Å². The smallest absolute Gasteiger partial charge is 0.324 e. The fourth-order valence-corrected chi connectivity index (χ4v) is 4.84. The number of amides is 1. The van der Waals surface area contributed by atoms with Crippen LogP contribution in [0.2, 0.25) is 0 Å². The average Bonchev–Trinajstić information content (AvgIpc) is 2.83. The van der Waals surface area contributed by atoms with Gasteiger partial charge < -0.3 is 15.0 Å². The molecule has 1 N–H and O–H groups in total. The van der Waals surface area contributed by atoms with E-state index in [-0.39, 0.29) is 30.7 Å². The minimum Gasteiger partial charge on any atom is -0.465 e. The van der Waals surface area contributed by atoms with E-state index in [0.717, 1.165) is 10.5 Å². The summed E-state index contributed by atoms with van der Waals surface area (Å²) in [6.07, 6.45) is 2.95. The van der Waals surface area contributed by atoms with Gasteiger partial charge in [0.2, 0.25) is 5.91 Å². The quantitative estimate of drug-likeness (QED) is 0.259. The maximum Gasteiger partial charge on any atom is 0.324 e. The van der Waals surface area contributed by atoms with E-state index in [9.17, 15) is 19.7 Å². The summed E-state index contributed by atoms with van der Waals surface area (Å²) in [5.74, 6) is -0.348. The number of carbonyl (C=O) groups excluding carboxylic acids is 2. The Morgan fingerprint density at radius 1 is 1.26 bits per heavy atom. The first-order valence-electron chi connectivity index (χ1n) is 11.2. The van der Waals surface area contributed by atoms with Crippen LogP contribution in [0.3, 0.4) is 0 Å². The molecule has 1 amide bonds. The Morgan fingerprint density at radius 2 is 2.03 bits per heavy atom. The highest BCUT2D eigenvalue weighted by molar-refractivity contribution is 7.99. The Bertz CT molecular complexity index is 1090. The van der Waals surface area contributed by atoms with Crippen molar-refractivity contribution in [2.24, 2.45) is 0 Å². The van der Waals surface area contributed by atoms with E-state index in [1.807, 2.05) is 24.3 Å². The Kier molecular flexibility index (Phi) is 8.84. The summed E-state index contributed by atoms with van der Waals surface area (Å²) in [6, 6.07) is 12.3. The van der Waals surface area contributed by atoms with Gasteiger partial charge in [0.15, 0.2) is 0 Å². The first-order chi connectivity index (χ1) is 16.3. The molecule has 8 nitrogen and oxygen atoms in total. The van der Waals surface area contributed by atoms with E-state index in [4.69, 9.17) is 4.74 Å². The zero-order valence-corrected chi connectivity index (χ0v) is 20.3. The molecule has 1 saturated heterocycles. The Hall–Kier alpha value is -3.17. The second-order valence-corrected chi connectivity index (χ2v) is 9.24. The number of carbonyl (C=O) groups is 2. The summed E-state index contributed by atoms with van der Waals surface area (Å²) in [5.41, 5.74) is 1.68. The van der Waals surface area contributed by atoms with Crippen molar-refractivity contribution < 1.29 is 19.2 Å². The molecule has 2 aromatic rings. The molecule has 0 radical (unpaired) electrons. The molecule has 1 unspecified atom stereocenters. The summed E-state index contributed by atoms with van der Waals surface area (Å²) in [7, 11) is 0. The number of benzene rings is 2. The summed E-state index contributed by atoms with van der Waals surface area (Å²) < 4.78 is 5.03. The van der Waals surface area contributed by atoms with E-state index in [1.54, 1.807) is 30.0 Å². The SMILES string of the molecule is CCOC(=O)C1CN(C(=O)/C=C/c2ccc(Sc3ccccc3C(C)C)c([N+](=O)[O-])c2)CCN1. The average molecular weight is 484 g/mol. The molecule has 1 aliphatic rings. The van der Waals surface area contributed by atoms with Gasteiger partial charge in [0, 0.05) is 36.7 Å². The summed E-state index contributed by atoms with van der Waals surface area (Å²) in [5, 5.41) is 14.8. The molecule has 2 aromatic carbocycles. The molecule has 0 bridgehead atoms. The van der Waals surface area contributed by atoms with Crippen LogP contribution in [0.25, 0.3) is 6.08 Å². The maximum absolute atomic E-state index is 12.6. The largest absolute Gasteiger partial charge is 0.465 e. The lowest BCUT2D eigenvalue weighted by molar-refractivity contribution is -0.387. The number of ether oxygens (including phenoxy) is 1. The van der Waals surface area contributed by atoms with Crippen LogP contribution < -0.4 is 5.32 Å². The van der Waals surface area contributed by atoms with Gasteiger partial charge in [-0.3, -0.25) is 19.7 Å². The van der Waals surface area contributed by atoms with Crippen LogP contribution in [0.5, 0.6) is 0 Å². The van der Waals surface area contributed by atoms with Gasteiger partial charge in [0.05, 0.1) is 16.4 Å². The van der Waals surface area contributed by atoms with Crippen LogP contribution in [0.4, 0.5) is 5.69 Å². The van der Waals surface area contributed by atoms with E-state index in [1.165, 1.54) is 23.9 Å². The first-order valence-corrected chi connectivity index (χ1v) is 12.0. The molecule has 3 rings (SSSR count). The maximum atomic E-state index is 12.6. The molecule has 0 aromatic heterocycles. The van der Waals surface area contributed by atoms with Crippen molar-refractivity contribution in [3.63, 3.8) is 0 Å². The first kappa shape index (κ1) is 25.5. The number of nitrogens with one attached hydrogen (secondary N) is 1. The second kappa shape index (κ2) is 11.8. The molecule has 1 atom stereocenters. The molecule has 0 saturated carbocycles. The van der Waals surface area contributed by atoms with Gasteiger partial charge in [-0.1, -0.05) is 49.9 Å². The molecule has 1 fully saturated rings. The third-order valence-corrected chi connectivity index (χ3v) is 6.57. The number of esters is 1. The van der Waals surface area contributed by atoms with Crippen LogP contribution in [0.15, 0.2) is 58.3 Å². The van der Waals surface area contributed by atoms with Crippen LogP contribution in [-0.2, 0) is 14.3 Å². The second-order valence-electron chi connectivity index (χ2n) is 8.16. The van der Waals surface area contributed by atoms with Crippen molar-refractivity contribution in [1.29, 1.82) is 0 Å². The van der Waals surface area contributed by atoms with Crippen molar-refractivity contribution in [1.82, 2.24) is 10.2 Å². The van der Waals surface area contributed by atoms with Gasteiger partial charge in [-0.2, -0.15) is 0 Å². The highest BCUT2D eigenvalue weighted by Gasteiger charge is 2.28. The highest BCUT2D eigenvalue weighted by atomic mass is 32.2. The van der Waals surface area contributed by atoms with Gasteiger partial charge in [-0.15, -0.1) is 0 Å². The minimum absolute atomic E-state index is 0.0114. The number of piperazine rings is 1. The molecule has 1 heterocycles. The van der Waals surface area contributed by atoms with Crippen LogP contribution in [0, 0.1) is 10.1 Å². The van der Waals surface area contributed by atoms with E-state index in [0.29, 0.717) is 29.5 Å². The zero-order valence-electron chi connectivity index (χ0n) is 19.5. The van der Waals surface area contributed by atoms with Crippen molar-refractivity contribution >= 4 is 35.4 Å². The van der Waals surface area contributed by atoms with Gasteiger partial charge in [-0.05, 0) is 42.2 Å². The number of hydrogen-bond donors (Lipinski definition) is 1. The Labute approximate surface area is 203 Å². The van der Waals surface area contributed by atoms with Crippen molar-refractivity contribution in [3.8, 4) is 0 Å². The lowest BCUT2D eigenvalue weighted by atomic mass is 10.0. The normalized spacial score (nSPS) is 16.1. The van der Waals surface area contributed by atoms with Crippen LogP contribution in [0.1, 0.15) is 37.8 Å². The van der Waals surface area contributed by atoms with E-state index >= 15 is 0 Å². The highest BCUT2D eigenvalue weighted by Crippen LogP contribution is 2.39. The third kappa shape index (κ3) is 6.45. The van der Waals surface area contributed by atoms with Gasteiger partial charge >= 0.3 is 5.97 Å². The predicted molar refractivity (Wildman–Crippen MR) is 132 cm³/mol. The summed E-state index contributed by atoms with van der Waals surface area (Å²) in [4.78, 5) is 39.1. The Morgan fingerprint density at radius 3 is 2.74 bits per heavy atom. The monoisotopic (exact) mass is 483 g/mol. The number of rotatable bonds is 8. The topological polar surface area (TPSA) is 102 Å². The van der Waals surface area contributed by atoms with Crippen LogP contribution >= 0.6 is 11.8 Å². The summed E-state index contributed by atoms with van der Waals surface area (Å²) in [6.45, 7) is 7.35. The lowest BCUT2D eigenvalue weighted by Gasteiger charge is -2.31. The zero-order chi connectivity index (χ0) is 24.7. The molecular weight excluding hydrogens is 454 g/mol. The standard InChI is InChI=1S/C25H29N3O5S/c1-4-33-25(30)20-16-27(14-13-26-20)24(29)12-10-18-9-11-23(21(15-18)28(31)32)34-22-8-6-5-7-19(22)17(2)3/h5-12,15,17,20,26H,4,13-14,16H2,1-3H3/b12-10+. The van der Waals surface area contributed by atoms with Gasteiger partial charge in [-0.25, -0.2) is 0 Å². The van der Waals surface area contributed by atoms with Crippen LogP contribution in [-0.4, -0.2) is 54.0 Å². The molecule has 0 aliphatic carbocycles. The lowest BCUT2D eigenvalue weighted by Crippen LogP contribution is -2.55. The molecular formula is C25H29N3O5S. The predicted octanol–water partition coefficient (Wildman–Crippen LogP) is 4.25. The van der Waals surface area contributed by atoms with Crippen molar-refractivity contribution in [2.75, 3.05) is 26.2 Å². The van der Waals surface area contributed by atoms with Gasteiger partial charge in [0.25, 0.3) is 5.69 Å². The van der Waals surface area contributed by atoms with E-state index < -0.39 is 11.0 Å². The number of nitro benzene ring substituents is 1. The molecule has 9 heteroatoms. The van der Waals surface area contributed by atoms with Gasteiger partial charge in [0.1, 0.15) is 6.04 Å². The Balaban J connectivity index is 1.74. The third-order valence-electron chi connectivity index (χ3n) is 5.42. The molecule has 34 heavy (non-hydrogen) atoms. The number of nitro groups is 1.